The van der Waals surface area contributed by atoms with E-state index in [1.165, 1.54) is 5.56 Å². The fourth-order valence-corrected chi connectivity index (χ4v) is 3.42. The summed E-state index contributed by atoms with van der Waals surface area (Å²) < 4.78 is 5.75. The normalized spacial score (nSPS) is 10.6. The third kappa shape index (κ3) is 5.41. The smallest absolute Gasteiger partial charge is 0.253 e. The molecule has 3 aromatic rings. The molecule has 5 heteroatoms. The average molecular weight is 381 g/mol. The average Bonchev–Trinajstić information content (AvgIpc) is 3.13. The summed E-state index contributed by atoms with van der Waals surface area (Å²) in [6.07, 6.45) is 0.856. The minimum atomic E-state index is 0.0510. The summed E-state index contributed by atoms with van der Waals surface area (Å²) in [6.45, 7) is 5.83. The number of ether oxygens (including phenoxy) is 1. The van der Waals surface area contributed by atoms with Gasteiger partial charge in [-0.05, 0) is 50.1 Å². The SMILES string of the molecule is CCN(CCc1ccccc1)C(=O)c1ccc(OCc2csc(C)n2)cc1. The number of carbonyl (C=O) groups is 1. The van der Waals surface area contributed by atoms with E-state index >= 15 is 0 Å². The predicted molar refractivity (Wildman–Crippen MR) is 109 cm³/mol. The summed E-state index contributed by atoms with van der Waals surface area (Å²) >= 11 is 1.61. The molecule has 27 heavy (non-hydrogen) atoms. The van der Waals surface area contributed by atoms with E-state index < -0.39 is 0 Å². The Morgan fingerprint density at radius 2 is 1.85 bits per heavy atom. The summed E-state index contributed by atoms with van der Waals surface area (Å²) in [5.41, 5.74) is 2.85. The lowest BCUT2D eigenvalue weighted by molar-refractivity contribution is 0.0766. The number of aryl methyl sites for hydroxylation is 1. The minimum absolute atomic E-state index is 0.0510. The molecule has 0 aliphatic carbocycles. The molecule has 140 valence electrons. The molecular weight excluding hydrogens is 356 g/mol. The molecule has 4 nitrogen and oxygen atoms in total. The molecule has 0 atom stereocenters. The number of nitrogens with zero attached hydrogens (tertiary/aromatic N) is 2. The summed E-state index contributed by atoms with van der Waals surface area (Å²) in [5, 5.41) is 3.03. The van der Waals surface area contributed by atoms with Gasteiger partial charge in [-0.1, -0.05) is 30.3 Å². The maximum Gasteiger partial charge on any atom is 0.253 e. The number of thiazole rings is 1. The number of aromatic nitrogens is 1. The molecule has 1 aromatic heterocycles. The van der Waals surface area contributed by atoms with Gasteiger partial charge in [0.2, 0.25) is 0 Å². The second-order valence-corrected chi connectivity index (χ2v) is 7.35. The Bertz CT molecular complexity index is 860. The van der Waals surface area contributed by atoms with Gasteiger partial charge < -0.3 is 9.64 Å². The molecule has 0 fully saturated rings. The molecule has 0 radical (unpaired) electrons. The third-order valence-corrected chi connectivity index (χ3v) is 5.16. The van der Waals surface area contributed by atoms with Crippen LogP contribution in [0.25, 0.3) is 0 Å². The van der Waals surface area contributed by atoms with Crippen molar-refractivity contribution in [3.63, 3.8) is 0 Å². The van der Waals surface area contributed by atoms with Crippen LogP contribution in [-0.4, -0.2) is 28.9 Å². The summed E-state index contributed by atoms with van der Waals surface area (Å²) in [7, 11) is 0. The fourth-order valence-electron chi connectivity index (χ4n) is 2.82. The van der Waals surface area contributed by atoms with Crippen molar-refractivity contribution in [1.82, 2.24) is 9.88 Å². The van der Waals surface area contributed by atoms with Gasteiger partial charge in [-0.2, -0.15) is 0 Å². The third-order valence-electron chi connectivity index (χ3n) is 4.34. The zero-order valence-corrected chi connectivity index (χ0v) is 16.5. The number of hydrogen-bond donors (Lipinski definition) is 0. The van der Waals surface area contributed by atoms with Crippen LogP contribution in [0.15, 0.2) is 60.0 Å². The van der Waals surface area contributed by atoms with Gasteiger partial charge in [-0.25, -0.2) is 4.98 Å². The predicted octanol–water partition coefficient (Wildman–Crippen LogP) is 4.74. The quantitative estimate of drug-likeness (QED) is 0.567. The first kappa shape index (κ1) is 19.1. The van der Waals surface area contributed by atoms with E-state index in [-0.39, 0.29) is 5.91 Å². The van der Waals surface area contributed by atoms with Crippen LogP contribution in [0.4, 0.5) is 0 Å². The topological polar surface area (TPSA) is 42.4 Å². The highest BCUT2D eigenvalue weighted by Gasteiger charge is 2.14. The second kappa shape index (κ2) is 9.33. The van der Waals surface area contributed by atoms with E-state index in [4.69, 9.17) is 4.74 Å². The van der Waals surface area contributed by atoms with E-state index in [9.17, 15) is 4.79 Å². The highest BCUT2D eigenvalue weighted by molar-refractivity contribution is 7.09. The first-order valence-corrected chi connectivity index (χ1v) is 10.0. The molecule has 0 unspecified atom stereocenters. The van der Waals surface area contributed by atoms with Crippen LogP contribution < -0.4 is 4.74 Å². The van der Waals surface area contributed by atoms with E-state index in [0.29, 0.717) is 25.3 Å². The number of likely N-dealkylation sites (N-methyl/N-ethyl adjacent to an activating group) is 1. The van der Waals surface area contributed by atoms with Crippen molar-refractivity contribution in [1.29, 1.82) is 0 Å². The van der Waals surface area contributed by atoms with E-state index in [0.717, 1.165) is 22.9 Å². The van der Waals surface area contributed by atoms with Gasteiger partial charge in [0.1, 0.15) is 12.4 Å². The summed E-state index contributed by atoms with van der Waals surface area (Å²) in [4.78, 5) is 19.0. The van der Waals surface area contributed by atoms with Gasteiger partial charge >= 0.3 is 0 Å². The molecule has 2 aromatic carbocycles. The van der Waals surface area contributed by atoms with Crippen molar-refractivity contribution < 1.29 is 9.53 Å². The van der Waals surface area contributed by atoms with Crippen LogP contribution in [-0.2, 0) is 13.0 Å². The fraction of sp³-hybridized carbons (Fsp3) is 0.273. The monoisotopic (exact) mass is 380 g/mol. The Balaban J connectivity index is 1.56. The first-order valence-electron chi connectivity index (χ1n) is 9.12. The van der Waals surface area contributed by atoms with Crippen molar-refractivity contribution >= 4 is 17.2 Å². The van der Waals surface area contributed by atoms with Crippen molar-refractivity contribution in [3.05, 3.63) is 81.8 Å². The molecule has 0 aliphatic rings. The number of rotatable bonds is 8. The zero-order chi connectivity index (χ0) is 19.1. The number of hydrogen-bond acceptors (Lipinski definition) is 4. The van der Waals surface area contributed by atoms with Crippen molar-refractivity contribution in [2.75, 3.05) is 13.1 Å². The van der Waals surface area contributed by atoms with Gasteiger partial charge in [0, 0.05) is 24.0 Å². The van der Waals surface area contributed by atoms with Crippen LogP contribution in [0, 0.1) is 6.92 Å². The van der Waals surface area contributed by atoms with Gasteiger partial charge in [-0.3, -0.25) is 4.79 Å². The lowest BCUT2D eigenvalue weighted by atomic mass is 10.1. The maximum atomic E-state index is 12.8. The van der Waals surface area contributed by atoms with E-state index in [1.54, 1.807) is 11.3 Å². The highest BCUT2D eigenvalue weighted by atomic mass is 32.1. The Kier molecular flexibility index (Phi) is 6.60. The van der Waals surface area contributed by atoms with E-state index in [2.05, 4.69) is 17.1 Å². The molecule has 1 amide bonds. The molecule has 0 aliphatic heterocycles. The number of carbonyl (C=O) groups excluding carboxylic acids is 1. The van der Waals surface area contributed by atoms with Gasteiger partial charge in [-0.15, -0.1) is 11.3 Å². The van der Waals surface area contributed by atoms with Crippen LogP contribution >= 0.6 is 11.3 Å². The Morgan fingerprint density at radius 3 is 2.48 bits per heavy atom. The first-order chi connectivity index (χ1) is 13.2. The van der Waals surface area contributed by atoms with Crippen molar-refractivity contribution in [2.24, 2.45) is 0 Å². The molecule has 0 saturated carbocycles. The van der Waals surface area contributed by atoms with Crippen molar-refractivity contribution in [3.8, 4) is 5.75 Å². The van der Waals surface area contributed by atoms with Gasteiger partial charge in [0.05, 0.1) is 10.7 Å². The minimum Gasteiger partial charge on any atom is -0.487 e. The van der Waals surface area contributed by atoms with E-state index in [1.807, 2.05) is 66.6 Å². The second-order valence-electron chi connectivity index (χ2n) is 6.29. The molecule has 3 rings (SSSR count). The zero-order valence-electron chi connectivity index (χ0n) is 15.7. The number of benzene rings is 2. The lowest BCUT2D eigenvalue weighted by Crippen LogP contribution is -2.32. The largest absolute Gasteiger partial charge is 0.487 e. The Morgan fingerprint density at radius 1 is 1.11 bits per heavy atom. The van der Waals surface area contributed by atoms with Gasteiger partial charge in [0.25, 0.3) is 5.91 Å². The molecular formula is C22H24N2O2S. The standard InChI is InChI=1S/C22H24N2O2S/c1-3-24(14-13-18-7-5-4-6-8-18)22(25)19-9-11-21(12-10-19)26-15-20-16-27-17(2)23-20/h4-12,16H,3,13-15H2,1-2H3. The van der Waals surface area contributed by atoms with Crippen LogP contribution in [0.5, 0.6) is 5.75 Å². The molecule has 0 bridgehead atoms. The van der Waals surface area contributed by atoms with Crippen molar-refractivity contribution in [2.45, 2.75) is 26.9 Å². The molecule has 0 spiro atoms. The van der Waals surface area contributed by atoms with Crippen LogP contribution in [0.1, 0.15) is 33.5 Å². The lowest BCUT2D eigenvalue weighted by Gasteiger charge is -2.21. The highest BCUT2D eigenvalue weighted by Crippen LogP contribution is 2.17. The van der Waals surface area contributed by atoms with Crippen LogP contribution in [0.2, 0.25) is 0 Å². The molecule has 1 heterocycles. The maximum absolute atomic E-state index is 12.8. The molecule has 0 N–H and O–H groups in total. The summed E-state index contributed by atoms with van der Waals surface area (Å²) in [5.74, 6) is 0.791. The van der Waals surface area contributed by atoms with Gasteiger partial charge in [0.15, 0.2) is 0 Å². The Hall–Kier alpha value is -2.66. The van der Waals surface area contributed by atoms with Crippen LogP contribution in [0.3, 0.4) is 0 Å². The Labute approximate surface area is 164 Å². The summed E-state index contributed by atoms with van der Waals surface area (Å²) in [6, 6.07) is 17.6. The number of amides is 1. The molecule has 0 saturated heterocycles.